The number of likely N-dealkylation sites (N-methyl/N-ethyl adjacent to an activating group) is 2. The fourth-order valence-corrected chi connectivity index (χ4v) is 8.03. The first-order valence-corrected chi connectivity index (χ1v) is 18.5. The van der Waals surface area contributed by atoms with Gasteiger partial charge in [-0.05, 0) is 45.6 Å². The highest BCUT2D eigenvalue weighted by Crippen LogP contribution is 2.39. The Morgan fingerprint density at radius 1 is 0.977 bits per heavy atom. The highest BCUT2D eigenvalue weighted by Gasteiger charge is 2.50. The van der Waals surface area contributed by atoms with E-state index in [1.165, 1.54) is 0 Å². The monoisotopic (exact) mass is 649 g/mol. The molecule has 2 heterocycles. The summed E-state index contributed by atoms with van der Waals surface area (Å²) in [6.07, 6.45) is 7.55. The van der Waals surface area contributed by atoms with Gasteiger partial charge < -0.3 is 14.4 Å². The van der Waals surface area contributed by atoms with E-state index in [9.17, 15) is 35.5 Å². The molecule has 1 saturated heterocycles. The van der Waals surface area contributed by atoms with Crippen molar-refractivity contribution in [1.29, 1.82) is 0 Å². The number of rotatable bonds is 9. The van der Waals surface area contributed by atoms with Crippen molar-refractivity contribution in [1.82, 2.24) is 19.4 Å². The highest BCUT2D eigenvalue weighted by atomic mass is 32.2. The van der Waals surface area contributed by atoms with E-state index in [0.717, 1.165) is 12.5 Å². The van der Waals surface area contributed by atoms with Gasteiger partial charge in [0.15, 0.2) is 16.6 Å². The predicted octanol–water partition coefficient (Wildman–Crippen LogP) is 1.46. The average Bonchev–Trinajstić information content (AvgIpc) is 3.32. The van der Waals surface area contributed by atoms with Crippen molar-refractivity contribution in [2.24, 2.45) is 4.36 Å². The second-order valence-corrected chi connectivity index (χ2v) is 15.2. The second kappa shape index (κ2) is 13.2. The average molecular weight is 650 g/mol. The summed E-state index contributed by atoms with van der Waals surface area (Å²) in [6, 6.07) is -0.726. The number of nitrogens with zero attached hydrogens (tertiary/aromatic N) is 5. The Labute approximate surface area is 252 Å². The Morgan fingerprint density at radius 3 is 2.23 bits per heavy atom. The molecule has 7 unspecified atom stereocenters. The summed E-state index contributed by atoms with van der Waals surface area (Å²) in [5.41, 5.74) is 0. The molecular formula is C27H43F2N6O6S2+. The van der Waals surface area contributed by atoms with Gasteiger partial charge in [-0.2, -0.15) is 0 Å². The van der Waals surface area contributed by atoms with Crippen molar-refractivity contribution >= 4 is 37.7 Å². The molecule has 43 heavy (non-hydrogen) atoms. The zero-order chi connectivity index (χ0) is 31.7. The minimum absolute atomic E-state index is 0.0450. The van der Waals surface area contributed by atoms with Crippen molar-refractivity contribution in [3.05, 3.63) is 24.0 Å². The normalized spacial score (nSPS) is 31.8. The molecule has 2 N–H and O–H groups in total. The quantitative estimate of drug-likeness (QED) is 0.355. The molecule has 2 saturated carbocycles. The van der Waals surface area contributed by atoms with Crippen LogP contribution in [0.5, 0.6) is 0 Å². The third-order valence-electron chi connectivity index (χ3n) is 8.57. The first-order chi connectivity index (χ1) is 20.1. The zero-order valence-corrected chi connectivity index (χ0v) is 26.7. The number of carbonyl (C=O) groups is 2. The summed E-state index contributed by atoms with van der Waals surface area (Å²) in [5.74, 6) is -0.195. The van der Waals surface area contributed by atoms with Crippen LogP contribution in [0.3, 0.4) is 0 Å². The van der Waals surface area contributed by atoms with E-state index in [0.29, 0.717) is 50.4 Å². The molecule has 4 aliphatic rings. The Kier molecular flexibility index (Phi) is 10.2. The van der Waals surface area contributed by atoms with Gasteiger partial charge in [0.05, 0.1) is 24.9 Å². The van der Waals surface area contributed by atoms with Gasteiger partial charge in [-0.3, -0.25) is 14.2 Å². The summed E-state index contributed by atoms with van der Waals surface area (Å²) in [7, 11) is -7.43. The zero-order valence-electron chi connectivity index (χ0n) is 25.1. The van der Waals surface area contributed by atoms with Gasteiger partial charge in [0.1, 0.15) is 36.8 Å². The van der Waals surface area contributed by atoms with E-state index < -0.39 is 44.2 Å². The SMILES string of the molecule is CCN1/C(=C\C=C\C2=[N+](CC)C3CCC(F)CC3N2CC(=O)NS(C)(=O)=O)N(CC(=O)N=S(C)(=O)O)C2CC(F)CCC21. The number of allylic oxidation sites excluding steroid dienone is 2. The van der Waals surface area contributed by atoms with E-state index in [1.54, 1.807) is 28.0 Å². The van der Waals surface area contributed by atoms with Crippen LogP contribution in [0.15, 0.2) is 28.4 Å². The summed E-state index contributed by atoms with van der Waals surface area (Å²) in [6.45, 7) is 4.54. The number of hydrogen-bond acceptors (Lipinski definition) is 8. The lowest BCUT2D eigenvalue weighted by atomic mass is 9.89. The van der Waals surface area contributed by atoms with E-state index in [4.69, 9.17) is 0 Å². The first kappa shape index (κ1) is 33.3. The van der Waals surface area contributed by atoms with Gasteiger partial charge in [0.2, 0.25) is 10.0 Å². The molecule has 242 valence electrons. The van der Waals surface area contributed by atoms with Crippen LogP contribution < -0.4 is 4.72 Å². The van der Waals surface area contributed by atoms with Gasteiger partial charge in [-0.25, -0.2) is 31.0 Å². The molecule has 2 aliphatic heterocycles. The third-order valence-corrected chi connectivity index (χ3v) is 9.72. The van der Waals surface area contributed by atoms with Crippen molar-refractivity contribution in [3.8, 4) is 0 Å². The van der Waals surface area contributed by atoms with Crippen LogP contribution in [0.1, 0.15) is 52.4 Å². The molecule has 0 radical (unpaired) electrons. The van der Waals surface area contributed by atoms with Crippen LogP contribution >= 0.6 is 0 Å². The molecule has 0 aromatic rings. The summed E-state index contributed by atoms with van der Waals surface area (Å²) >= 11 is 0. The fraction of sp³-hybridized carbons (Fsp3) is 0.741. The van der Waals surface area contributed by atoms with Crippen LogP contribution in [0.25, 0.3) is 0 Å². The first-order valence-electron chi connectivity index (χ1n) is 14.7. The predicted molar refractivity (Wildman–Crippen MR) is 159 cm³/mol. The van der Waals surface area contributed by atoms with Gasteiger partial charge in [-0.1, -0.05) is 6.08 Å². The largest absolute Gasteiger partial charge is 0.353 e. The second-order valence-electron chi connectivity index (χ2n) is 11.7. The lowest BCUT2D eigenvalue weighted by molar-refractivity contribution is -0.559. The molecule has 2 aliphatic carbocycles. The van der Waals surface area contributed by atoms with Crippen LogP contribution in [0.4, 0.5) is 8.78 Å². The lowest BCUT2D eigenvalue weighted by Crippen LogP contribution is -2.49. The van der Waals surface area contributed by atoms with Crippen molar-refractivity contribution in [3.63, 3.8) is 0 Å². The maximum absolute atomic E-state index is 14.5. The molecule has 2 amide bonds. The molecule has 0 aromatic carbocycles. The number of hydrogen-bond donors (Lipinski definition) is 2. The Morgan fingerprint density at radius 2 is 1.63 bits per heavy atom. The van der Waals surface area contributed by atoms with E-state index >= 15 is 0 Å². The molecule has 4 rings (SSSR count). The van der Waals surface area contributed by atoms with Crippen LogP contribution in [-0.4, -0.2) is 129 Å². The third kappa shape index (κ3) is 7.93. The molecule has 0 spiro atoms. The van der Waals surface area contributed by atoms with Crippen LogP contribution in [0.2, 0.25) is 0 Å². The molecule has 0 bridgehead atoms. The molecule has 0 aromatic heterocycles. The summed E-state index contributed by atoms with van der Waals surface area (Å²) < 4.78 is 81.3. The number of halogens is 2. The Hall–Kier alpha value is -2.59. The van der Waals surface area contributed by atoms with Crippen LogP contribution in [0, 0.1) is 0 Å². The minimum Gasteiger partial charge on any atom is -0.353 e. The minimum atomic E-state index is -3.78. The number of amidine groups is 1. The number of fused-ring (bicyclic) bond motifs is 2. The fourth-order valence-electron chi connectivity index (χ4n) is 7.12. The van der Waals surface area contributed by atoms with Crippen molar-refractivity contribution in [2.45, 2.75) is 88.9 Å². The van der Waals surface area contributed by atoms with Crippen LogP contribution in [-0.2, 0) is 29.6 Å². The number of amides is 2. The molecular weight excluding hydrogens is 606 g/mol. The number of nitrogens with one attached hydrogen (secondary N) is 1. The highest BCUT2D eigenvalue weighted by molar-refractivity contribution is 7.89. The Balaban J connectivity index is 1.70. The molecule has 7 atom stereocenters. The topological polar surface area (TPSA) is 143 Å². The lowest BCUT2D eigenvalue weighted by Gasteiger charge is -2.33. The van der Waals surface area contributed by atoms with Gasteiger partial charge in [-0.15, -0.1) is 4.36 Å². The van der Waals surface area contributed by atoms with Gasteiger partial charge in [0.25, 0.3) is 17.6 Å². The maximum atomic E-state index is 14.5. The molecule has 3 fully saturated rings. The van der Waals surface area contributed by atoms with Crippen molar-refractivity contribution < 1.29 is 40.1 Å². The summed E-state index contributed by atoms with van der Waals surface area (Å²) in [5, 5.41) is 0. The number of sulfonamides is 1. The Bertz CT molecular complexity index is 1420. The van der Waals surface area contributed by atoms with E-state index in [1.807, 2.05) is 18.6 Å². The van der Waals surface area contributed by atoms with E-state index in [-0.39, 0.29) is 50.1 Å². The summed E-state index contributed by atoms with van der Waals surface area (Å²) in [4.78, 5) is 30.9. The maximum Gasteiger partial charge on any atom is 0.275 e. The molecule has 12 nitrogen and oxygen atoms in total. The molecule has 16 heteroatoms. The van der Waals surface area contributed by atoms with Crippen molar-refractivity contribution in [2.75, 3.05) is 38.7 Å². The van der Waals surface area contributed by atoms with Gasteiger partial charge >= 0.3 is 0 Å². The van der Waals surface area contributed by atoms with Gasteiger partial charge in [0, 0.05) is 31.7 Å². The number of carbonyl (C=O) groups excluding carboxylic acids is 2. The number of alkyl halides is 2. The standard InChI is InChI=1S/C27H42F2N6O6S2/c1-5-32-20-12-10-18(28)14-22(20)34(16-24(36)30-42(3,38)39)26(32)8-7-9-27-33(6-2)21-13-11-19(29)15-23(21)35(27)17-25(37)31-43(4,40)41/h7-9,18-23H,5-6,10-17H2,1-4H3,(H-,30,31,36,37,38,39)/p+1. The van der Waals surface area contributed by atoms with E-state index in [2.05, 4.69) is 13.8 Å². The smallest absolute Gasteiger partial charge is 0.275 e.